The molecule has 0 radical (unpaired) electrons. The smallest absolute Gasteiger partial charge is 0.338 e. The highest BCUT2D eigenvalue weighted by atomic mass is 32.1. The van der Waals surface area contributed by atoms with E-state index in [1.54, 1.807) is 20.8 Å². The molecule has 0 fully saturated rings. The van der Waals surface area contributed by atoms with Gasteiger partial charge in [-0.3, -0.25) is 5.43 Å². The van der Waals surface area contributed by atoms with Gasteiger partial charge in [0, 0.05) is 10.9 Å². The lowest BCUT2D eigenvalue weighted by Gasteiger charge is -2.19. The van der Waals surface area contributed by atoms with E-state index in [4.69, 9.17) is 4.74 Å². The summed E-state index contributed by atoms with van der Waals surface area (Å²) >= 11 is 1.41. The molecule has 7 heteroatoms. The molecule has 0 unspecified atom stereocenters. The van der Waals surface area contributed by atoms with Crippen LogP contribution in [0.25, 0.3) is 0 Å². The van der Waals surface area contributed by atoms with Gasteiger partial charge < -0.3 is 4.74 Å². The second kappa shape index (κ2) is 6.87. The molecule has 0 bridgehead atoms. The van der Waals surface area contributed by atoms with Crippen LogP contribution in [0.4, 0.5) is 9.52 Å². The summed E-state index contributed by atoms with van der Waals surface area (Å²) in [6.07, 6.45) is 1.34. The highest BCUT2D eigenvalue weighted by molar-refractivity contribution is 7.13. The minimum Gasteiger partial charge on any atom is -0.456 e. The van der Waals surface area contributed by atoms with E-state index >= 15 is 0 Å². The molecule has 1 aromatic carbocycles. The van der Waals surface area contributed by atoms with Gasteiger partial charge in [-0.15, -0.1) is 11.3 Å². The number of aromatic nitrogens is 1. The summed E-state index contributed by atoms with van der Waals surface area (Å²) in [4.78, 5) is 16.1. The summed E-state index contributed by atoms with van der Waals surface area (Å²) in [6, 6.07) is 4.13. The third-order valence-corrected chi connectivity index (χ3v) is 3.48. The van der Waals surface area contributed by atoms with Gasteiger partial charge in [-0.2, -0.15) is 5.10 Å². The number of thiazole rings is 1. The molecule has 122 valence electrons. The zero-order chi connectivity index (χ0) is 17.0. The highest BCUT2D eigenvalue weighted by Gasteiger charge is 2.18. The van der Waals surface area contributed by atoms with Crippen molar-refractivity contribution in [2.24, 2.45) is 5.10 Å². The predicted molar refractivity (Wildman–Crippen MR) is 89.6 cm³/mol. The van der Waals surface area contributed by atoms with Crippen LogP contribution in [0.15, 0.2) is 28.7 Å². The molecule has 2 rings (SSSR count). The van der Waals surface area contributed by atoms with Crippen molar-refractivity contribution in [1.82, 2.24) is 4.98 Å². The van der Waals surface area contributed by atoms with Gasteiger partial charge in [-0.1, -0.05) is 0 Å². The second-order valence-corrected chi connectivity index (χ2v) is 6.76. The fourth-order valence-corrected chi connectivity index (χ4v) is 2.30. The number of nitrogens with zero attached hydrogens (tertiary/aromatic N) is 2. The number of anilines is 1. The second-order valence-electron chi connectivity index (χ2n) is 5.90. The van der Waals surface area contributed by atoms with Gasteiger partial charge in [0.1, 0.15) is 11.4 Å². The molecule has 0 saturated heterocycles. The van der Waals surface area contributed by atoms with Gasteiger partial charge in [0.25, 0.3) is 0 Å². The van der Waals surface area contributed by atoms with Crippen molar-refractivity contribution in [3.05, 3.63) is 46.2 Å². The van der Waals surface area contributed by atoms with Crippen LogP contribution in [0.1, 0.15) is 42.4 Å². The van der Waals surface area contributed by atoms with Gasteiger partial charge >= 0.3 is 5.97 Å². The third kappa shape index (κ3) is 5.14. The number of rotatable bonds is 4. The van der Waals surface area contributed by atoms with Crippen molar-refractivity contribution in [2.45, 2.75) is 33.3 Å². The topological polar surface area (TPSA) is 63.6 Å². The quantitative estimate of drug-likeness (QED) is 0.521. The highest BCUT2D eigenvalue weighted by Crippen LogP contribution is 2.16. The van der Waals surface area contributed by atoms with Gasteiger partial charge in [-0.05, 0) is 45.9 Å². The van der Waals surface area contributed by atoms with Crippen LogP contribution in [0.5, 0.6) is 0 Å². The minimum atomic E-state index is -0.622. The van der Waals surface area contributed by atoms with E-state index in [1.807, 2.05) is 12.3 Å². The first-order valence-electron chi connectivity index (χ1n) is 6.99. The zero-order valence-electron chi connectivity index (χ0n) is 13.4. The lowest BCUT2D eigenvalue weighted by molar-refractivity contribution is 0.00690. The van der Waals surface area contributed by atoms with Crippen molar-refractivity contribution in [2.75, 3.05) is 5.43 Å². The largest absolute Gasteiger partial charge is 0.456 e. The van der Waals surface area contributed by atoms with Crippen molar-refractivity contribution < 1.29 is 13.9 Å². The molecule has 23 heavy (non-hydrogen) atoms. The van der Waals surface area contributed by atoms with Gasteiger partial charge in [0.2, 0.25) is 5.13 Å². The maximum Gasteiger partial charge on any atom is 0.338 e. The van der Waals surface area contributed by atoms with Crippen LogP contribution < -0.4 is 5.43 Å². The van der Waals surface area contributed by atoms with Crippen LogP contribution >= 0.6 is 11.3 Å². The van der Waals surface area contributed by atoms with Crippen LogP contribution in [0.2, 0.25) is 0 Å². The van der Waals surface area contributed by atoms with E-state index in [-0.39, 0.29) is 11.1 Å². The van der Waals surface area contributed by atoms with Crippen molar-refractivity contribution >= 4 is 28.7 Å². The molecule has 1 N–H and O–H groups in total. The van der Waals surface area contributed by atoms with Crippen LogP contribution in [-0.4, -0.2) is 22.8 Å². The van der Waals surface area contributed by atoms with Crippen molar-refractivity contribution in [3.8, 4) is 0 Å². The molecule has 0 saturated carbocycles. The Balaban J connectivity index is 2.05. The molecule has 1 aromatic heterocycles. The summed E-state index contributed by atoms with van der Waals surface area (Å²) in [6.45, 7) is 7.15. The standard InChI is InChI=1S/C16H18FN3O2S/c1-10-9-23-15(19-10)20-18-8-12-6-5-11(7-13(12)17)14(21)22-16(2,3)4/h5-9H,1-4H3,(H,19,20). The van der Waals surface area contributed by atoms with E-state index in [9.17, 15) is 9.18 Å². The van der Waals surface area contributed by atoms with Gasteiger partial charge in [0.15, 0.2) is 0 Å². The van der Waals surface area contributed by atoms with E-state index in [1.165, 1.54) is 29.7 Å². The van der Waals surface area contributed by atoms with Crippen LogP contribution in [0.3, 0.4) is 0 Å². The van der Waals surface area contributed by atoms with E-state index in [0.717, 1.165) is 11.8 Å². The van der Waals surface area contributed by atoms with Crippen LogP contribution in [-0.2, 0) is 4.74 Å². The maximum absolute atomic E-state index is 14.0. The fraction of sp³-hybridized carbons (Fsp3) is 0.312. The number of carbonyl (C=O) groups is 1. The van der Waals surface area contributed by atoms with Gasteiger partial charge in [0.05, 0.1) is 17.5 Å². The normalized spacial score (nSPS) is 11.7. The van der Waals surface area contributed by atoms with Crippen molar-refractivity contribution in [3.63, 3.8) is 0 Å². The molecule has 2 aromatic rings. The maximum atomic E-state index is 14.0. The number of carbonyl (C=O) groups excluding carboxylic acids is 1. The molecule has 5 nitrogen and oxygen atoms in total. The van der Waals surface area contributed by atoms with E-state index in [2.05, 4.69) is 15.5 Å². The number of hydrazone groups is 1. The Bertz CT molecular complexity index is 735. The fourth-order valence-electron chi connectivity index (χ4n) is 1.66. The summed E-state index contributed by atoms with van der Waals surface area (Å²) in [7, 11) is 0. The number of hydrogen-bond acceptors (Lipinski definition) is 6. The predicted octanol–water partition coefficient (Wildman–Crippen LogP) is 3.99. The Morgan fingerprint density at radius 1 is 1.43 bits per heavy atom. The van der Waals surface area contributed by atoms with Crippen molar-refractivity contribution in [1.29, 1.82) is 0 Å². The Kier molecular flexibility index (Phi) is 5.10. The number of nitrogens with one attached hydrogen (secondary N) is 1. The average molecular weight is 335 g/mol. The van der Waals surface area contributed by atoms with E-state index in [0.29, 0.717) is 5.13 Å². The monoisotopic (exact) mass is 335 g/mol. The molecular weight excluding hydrogens is 317 g/mol. The number of ether oxygens (including phenoxy) is 1. The molecule has 0 atom stereocenters. The number of aryl methyl sites for hydroxylation is 1. The molecule has 0 aliphatic rings. The van der Waals surface area contributed by atoms with Gasteiger partial charge in [-0.25, -0.2) is 14.2 Å². The molecule has 0 aliphatic heterocycles. The number of halogens is 1. The third-order valence-electron chi connectivity index (χ3n) is 2.62. The molecule has 0 aliphatic carbocycles. The summed E-state index contributed by atoms with van der Waals surface area (Å²) in [5.41, 5.74) is 3.42. The Hall–Kier alpha value is -2.28. The average Bonchev–Trinajstić information content (AvgIpc) is 2.84. The Morgan fingerprint density at radius 2 is 2.17 bits per heavy atom. The number of benzene rings is 1. The zero-order valence-corrected chi connectivity index (χ0v) is 14.2. The minimum absolute atomic E-state index is 0.165. The van der Waals surface area contributed by atoms with E-state index < -0.39 is 17.4 Å². The molecule has 0 spiro atoms. The lowest BCUT2D eigenvalue weighted by Crippen LogP contribution is -2.24. The molecule has 1 heterocycles. The first-order valence-corrected chi connectivity index (χ1v) is 7.87. The summed E-state index contributed by atoms with van der Waals surface area (Å²) in [5, 5.41) is 6.45. The number of hydrogen-bond donors (Lipinski definition) is 1. The molecule has 0 amide bonds. The van der Waals surface area contributed by atoms with Crippen LogP contribution in [0, 0.1) is 12.7 Å². The number of esters is 1. The summed E-state index contributed by atoms with van der Waals surface area (Å²) in [5.74, 6) is -1.11. The SMILES string of the molecule is Cc1csc(NN=Cc2ccc(C(=O)OC(C)(C)C)cc2F)n1. The summed E-state index contributed by atoms with van der Waals surface area (Å²) < 4.78 is 19.2. The Labute approximate surface area is 138 Å². The Morgan fingerprint density at radius 3 is 2.74 bits per heavy atom. The molecular formula is C16H18FN3O2S. The lowest BCUT2D eigenvalue weighted by atomic mass is 10.1. The first-order chi connectivity index (χ1) is 10.7. The first kappa shape index (κ1) is 17.1.